The maximum absolute atomic E-state index is 14.4. The summed E-state index contributed by atoms with van der Waals surface area (Å²) in [5.41, 5.74) is 6.21. The third-order valence-corrected chi connectivity index (χ3v) is 3.05. The molecule has 0 fully saturated rings. The van der Waals surface area contributed by atoms with E-state index in [4.69, 9.17) is 5.73 Å². The van der Waals surface area contributed by atoms with Crippen molar-refractivity contribution in [2.45, 2.75) is 12.7 Å². The Kier molecular flexibility index (Phi) is 2.94. The number of benzene rings is 1. The molecule has 0 radical (unpaired) electrons. The number of nitrogen functional groups attached to an aromatic ring is 1. The minimum absolute atomic E-state index is 0.0479. The monoisotopic (exact) mass is 273 g/mol. The zero-order valence-corrected chi connectivity index (χ0v) is 10.5. The molecular formula is C13H12FN5O. The number of anilines is 1. The molecule has 1 unspecified atom stereocenters. The van der Waals surface area contributed by atoms with E-state index in [2.05, 4.69) is 15.0 Å². The smallest absolute Gasteiger partial charge is 0.283 e. The molecule has 0 saturated carbocycles. The Morgan fingerprint density at radius 1 is 1.35 bits per heavy atom. The second-order valence-corrected chi connectivity index (χ2v) is 4.37. The number of alkyl halides is 1. The molecule has 1 atom stereocenters. The Morgan fingerprint density at radius 3 is 2.85 bits per heavy atom. The van der Waals surface area contributed by atoms with Crippen LogP contribution < -0.4 is 11.3 Å². The highest BCUT2D eigenvalue weighted by molar-refractivity contribution is 5.69. The quantitative estimate of drug-likeness (QED) is 0.755. The van der Waals surface area contributed by atoms with Gasteiger partial charge in [-0.2, -0.15) is 4.98 Å². The van der Waals surface area contributed by atoms with Crippen LogP contribution >= 0.6 is 0 Å². The van der Waals surface area contributed by atoms with Gasteiger partial charge >= 0.3 is 0 Å². The van der Waals surface area contributed by atoms with Gasteiger partial charge in [-0.15, -0.1) is 0 Å². The summed E-state index contributed by atoms with van der Waals surface area (Å²) in [5.74, 6) is -0.182. The molecule has 20 heavy (non-hydrogen) atoms. The van der Waals surface area contributed by atoms with Gasteiger partial charge in [-0.05, 0) is 5.56 Å². The van der Waals surface area contributed by atoms with E-state index in [1.165, 1.54) is 6.33 Å². The molecule has 0 amide bonds. The topological polar surface area (TPSA) is 89.6 Å². The van der Waals surface area contributed by atoms with Crippen molar-refractivity contribution in [3.05, 3.63) is 52.6 Å². The van der Waals surface area contributed by atoms with Gasteiger partial charge in [0.2, 0.25) is 5.95 Å². The van der Waals surface area contributed by atoms with Crippen LogP contribution in [0.5, 0.6) is 0 Å². The van der Waals surface area contributed by atoms with Crippen LogP contribution in [-0.4, -0.2) is 19.5 Å². The minimum atomic E-state index is -1.58. The van der Waals surface area contributed by atoms with E-state index in [0.717, 1.165) is 10.1 Å². The van der Waals surface area contributed by atoms with Gasteiger partial charge in [0.25, 0.3) is 5.56 Å². The molecule has 7 heteroatoms. The normalized spacial score (nSPS) is 12.7. The molecule has 0 aliphatic carbocycles. The summed E-state index contributed by atoms with van der Waals surface area (Å²) in [5, 5.41) is 0. The maximum Gasteiger partial charge on any atom is 0.283 e. The lowest BCUT2D eigenvalue weighted by Gasteiger charge is -2.13. The summed E-state index contributed by atoms with van der Waals surface area (Å²) >= 11 is 0. The third-order valence-electron chi connectivity index (χ3n) is 3.05. The molecule has 102 valence electrons. The van der Waals surface area contributed by atoms with Crippen molar-refractivity contribution in [2.75, 3.05) is 5.73 Å². The molecule has 2 heterocycles. The predicted molar refractivity (Wildman–Crippen MR) is 72.9 cm³/mol. The Labute approximate surface area is 113 Å². The van der Waals surface area contributed by atoms with E-state index in [1.807, 2.05) is 18.2 Å². The highest BCUT2D eigenvalue weighted by Gasteiger charge is 2.18. The first-order valence-electron chi connectivity index (χ1n) is 6.06. The summed E-state index contributed by atoms with van der Waals surface area (Å²) in [6.07, 6.45) is -0.204. The first kappa shape index (κ1) is 12.3. The van der Waals surface area contributed by atoms with Gasteiger partial charge in [-0.1, -0.05) is 30.3 Å². The maximum atomic E-state index is 14.4. The van der Waals surface area contributed by atoms with Gasteiger partial charge in [0.15, 0.2) is 17.5 Å². The average Bonchev–Trinajstić information content (AvgIpc) is 2.88. The minimum Gasteiger partial charge on any atom is -0.369 e. The standard InChI is InChI=1S/C13H12FN5O/c14-9(6-8-4-2-1-3-5-8)19-12(20)10-11(17-7-16-10)18-13(19)15/h1-5,7,9H,6H2,(H2,15,18)(H,16,17). The van der Waals surface area contributed by atoms with Crippen LogP contribution in [0.25, 0.3) is 11.2 Å². The number of hydrogen-bond donors (Lipinski definition) is 2. The molecule has 0 aliphatic heterocycles. The molecule has 0 bridgehead atoms. The molecule has 3 N–H and O–H groups in total. The number of nitrogens with one attached hydrogen (secondary N) is 1. The Balaban J connectivity index is 2.03. The molecule has 3 aromatic rings. The Hall–Kier alpha value is -2.70. The molecule has 3 rings (SSSR count). The number of imidazole rings is 1. The second kappa shape index (κ2) is 4.76. The van der Waals surface area contributed by atoms with Crippen molar-refractivity contribution in [3.8, 4) is 0 Å². The van der Waals surface area contributed by atoms with Crippen molar-refractivity contribution in [3.63, 3.8) is 0 Å². The Morgan fingerprint density at radius 2 is 2.10 bits per heavy atom. The van der Waals surface area contributed by atoms with Gasteiger partial charge in [0, 0.05) is 6.42 Å². The van der Waals surface area contributed by atoms with Crippen LogP contribution in [-0.2, 0) is 6.42 Å². The lowest BCUT2D eigenvalue weighted by atomic mass is 10.1. The number of nitrogens with two attached hydrogens (primary N) is 1. The molecule has 6 nitrogen and oxygen atoms in total. The number of aromatic amines is 1. The second-order valence-electron chi connectivity index (χ2n) is 4.37. The number of hydrogen-bond acceptors (Lipinski definition) is 4. The van der Waals surface area contributed by atoms with Crippen molar-refractivity contribution in [1.29, 1.82) is 0 Å². The van der Waals surface area contributed by atoms with Crippen molar-refractivity contribution in [1.82, 2.24) is 19.5 Å². The van der Waals surface area contributed by atoms with E-state index in [9.17, 15) is 9.18 Å². The number of rotatable bonds is 3. The molecule has 0 saturated heterocycles. The number of H-pyrrole nitrogens is 1. The van der Waals surface area contributed by atoms with Gasteiger partial charge < -0.3 is 10.7 Å². The van der Waals surface area contributed by atoms with Gasteiger partial charge in [-0.3, -0.25) is 4.79 Å². The lowest BCUT2D eigenvalue weighted by Crippen LogP contribution is -2.27. The molecule has 2 aromatic heterocycles. The highest BCUT2D eigenvalue weighted by Crippen LogP contribution is 2.17. The average molecular weight is 273 g/mol. The van der Waals surface area contributed by atoms with E-state index >= 15 is 0 Å². The van der Waals surface area contributed by atoms with Gasteiger partial charge in [0.05, 0.1) is 6.33 Å². The fourth-order valence-corrected chi connectivity index (χ4v) is 2.09. The third kappa shape index (κ3) is 2.03. The zero-order chi connectivity index (χ0) is 14.1. The summed E-state index contributed by atoms with van der Waals surface area (Å²) in [7, 11) is 0. The summed E-state index contributed by atoms with van der Waals surface area (Å²) in [4.78, 5) is 22.6. The fraction of sp³-hybridized carbons (Fsp3) is 0.154. The number of nitrogens with zero attached hydrogens (tertiary/aromatic N) is 3. The van der Waals surface area contributed by atoms with Crippen LogP contribution in [0.4, 0.5) is 10.3 Å². The number of aromatic nitrogens is 4. The van der Waals surface area contributed by atoms with Gasteiger partial charge in [0.1, 0.15) is 0 Å². The summed E-state index contributed by atoms with van der Waals surface area (Å²) in [6, 6.07) is 9.04. The first-order chi connectivity index (χ1) is 9.66. The lowest BCUT2D eigenvalue weighted by molar-refractivity contribution is 0.236. The largest absolute Gasteiger partial charge is 0.369 e. The van der Waals surface area contributed by atoms with Crippen LogP contribution in [0.15, 0.2) is 41.5 Å². The van der Waals surface area contributed by atoms with Crippen LogP contribution in [0.1, 0.15) is 11.9 Å². The van der Waals surface area contributed by atoms with E-state index in [-0.39, 0.29) is 23.5 Å². The van der Waals surface area contributed by atoms with E-state index < -0.39 is 11.9 Å². The van der Waals surface area contributed by atoms with Gasteiger partial charge in [-0.25, -0.2) is 13.9 Å². The molecule has 0 spiro atoms. The van der Waals surface area contributed by atoms with E-state index in [1.54, 1.807) is 12.1 Å². The predicted octanol–water partition coefficient (Wildman–Crippen LogP) is 1.41. The Bertz CT molecular complexity index is 795. The summed E-state index contributed by atoms with van der Waals surface area (Å²) < 4.78 is 15.2. The fourth-order valence-electron chi connectivity index (χ4n) is 2.09. The molecular weight excluding hydrogens is 261 g/mol. The van der Waals surface area contributed by atoms with Crippen molar-refractivity contribution < 1.29 is 4.39 Å². The van der Waals surface area contributed by atoms with E-state index in [0.29, 0.717) is 0 Å². The molecule has 1 aromatic carbocycles. The zero-order valence-electron chi connectivity index (χ0n) is 10.5. The van der Waals surface area contributed by atoms with Crippen LogP contribution in [0, 0.1) is 0 Å². The SMILES string of the molecule is Nc1nc2nc[nH]c2c(=O)n1C(F)Cc1ccccc1. The van der Waals surface area contributed by atoms with Crippen molar-refractivity contribution >= 4 is 17.1 Å². The summed E-state index contributed by atoms with van der Waals surface area (Å²) in [6.45, 7) is 0. The number of fused-ring (bicyclic) bond motifs is 1. The van der Waals surface area contributed by atoms with Crippen LogP contribution in [0.3, 0.4) is 0 Å². The highest BCUT2D eigenvalue weighted by atomic mass is 19.1. The first-order valence-corrected chi connectivity index (χ1v) is 6.06. The molecule has 0 aliphatic rings. The van der Waals surface area contributed by atoms with Crippen molar-refractivity contribution in [2.24, 2.45) is 0 Å². The van der Waals surface area contributed by atoms with Crippen LogP contribution in [0.2, 0.25) is 0 Å². The number of halogens is 1.